The molecule has 5 nitrogen and oxygen atoms in total. The molecule has 0 fully saturated rings. The van der Waals surface area contributed by atoms with E-state index in [4.69, 9.17) is 15.2 Å². The molecule has 0 saturated heterocycles. The molecule has 0 spiro atoms. The van der Waals surface area contributed by atoms with E-state index in [0.29, 0.717) is 19.6 Å². The molecule has 0 bridgehead atoms. The van der Waals surface area contributed by atoms with Crippen LogP contribution in [0.15, 0.2) is 48.5 Å². The summed E-state index contributed by atoms with van der Waals surface area (Å²) in [5, 5.41) is 2.90. The summed E-state index contributed by atoms with van der Waals surface area (Å²) >= 11 is 0. The number of hydrogen-bond donors (Lipinski definition) is 2. The molecule has 0 radical (unpaired) electrons. The summed E-state index contributed by atoms with van der Waals surface area (Å²) in [5.41, 5.74) is 7.17. The standard InChI is InChI=1S/C19H24N2O3/c1-14(17-5-3-4-6-18(17)23-2)13-19(22)21-15-7-9-16(10-8-15)24-12-11-20/h3-10,14H,11-13,20H2,1-2H3,(H,21,22). The number of nitrogens with two attached hydrogens (primary N) is 1. The maximum absolute atomic E-state index is 12.3. The molecule has 2 rings (SSSR count). The normalized spacial score (nSPS) is 11.6. The summed E-state index contributed by atoms with van der Waals surface area (Å²) in [6.45, 7) is 2.96. The first-order valence-corrected chi connectivity index (χ1v) is 7.99. The summed E-state index contributed by atoms with van der Waals surface area (Å²) in [6, 6.07) is 15.0. The van der Waals surface area contributed by atoms with Crippen LogP contribution in [0.4, 0.5) is 5.69 Å². The molecule has 0 heterocycles. The van der Waals surface area contributed by atoms with Crippen LogP contribution >= 0.6 is 0 Å². The first-order valence-electron chi connectivity index (χ1n) is 7.99. The third-order valence-corrected chi connectivity index (χ3v) is 3.69. The first kappa shape index (κ1) is 17.8. The van der Waals surface area contributed by atoms with Crippen molar-refractivity contribution in [3.05, 3.63) is 54.1 Å². The lowest BCUT2D eigenvalue weighted by atomic mass is 9.96. The van der Waals surface area contributed by atoms with Crippen LogP contribution in [0.1, 0.15) is 24.8 Å². The SMILES string of the molecule is COc1ccccc1C(C)CC(=O)Nc1ccc(OCCN)cc1. The molecule has 0 aliphatic carbocycles. The lowest BCUT2D eigenvalue weighted by Gasteiger charge is -2.15. The van der Waals surface area contributed by atoms with Crippen molar-refractivity contribution in [2.75, 3.05) is 25.6 Å². The highest BCUT2D eigenvalue weighted by Gasteiger charge is 2.15. The molecular formula is C19H24N2O3. The van der Waals surface area contributed by atoms with E-state index in [2.05, 4.69) is 5.32 Å². The van der Waals surface area contributed by atoms with Crippen molar-refractivity contribution in [1.82, 2.24) is 0 Å². The van der Waals surface area contributed by atoms with Gasteiger partial charge in [-0.25, -0.2) is 0 Å². The number of para-hydroxylation sites is 1. The first-order chi connectivity index (χ1) is 11.6. The van der Waals surface area contributed by atoms with Gasteiger partial charge in [0, 0.05) is 18.7 Å². The quantitative estimate of drug-likeness (QED) is 0.780. The van der Waals surface area contributed by atoms with Gasteiger partial charge in [0.05, 0.1) is 7.11 Å². The Morgan fingerprint density at radius 2 is 1.88 bits per heavy atom. The lowest BCUT2D eigenvalue weighted by Crippen LogP contribution is -2.15. The zero-order valence-electron chi connectivity index (χ0n) is 14.1. The second-order valence-corrected chi connectivity index (χ2v) is 5.56. The molecule has 2 aromatic carbocycles. The molecule has 24 heavy (non-hydrogen) atoms. The minimum Gasteiger partial charge on any atom is -0.496 e. The van der Waals surface area contributed by atoms with Crippen molar-refractivity contribution < 1.29 is 14.3 Å². The minimum atomic E-state index is -0.0379. The number of nitrogens with one attached hydrogen (secondary N) is 1. The van der Waals surface area contributed by atoms with Gasteiger partial charge in [-0.2, -0.15) is 0 Å². The zero-order valence-corrected chi connectivity index (χ0v) is 14.1. The Balaban J connectivity index is 1.92. The fourth-order valence-electron chi connectivity index (χ4n) is 2.48. The van der Waals surface area contributed by atoms with E-state index >= 15 is 0 Å². The van der Waals surface area contributed by atoms with Crippen molar-refractivity contribution >= 4 is 11.6 Å². The fraction of sp³-hybridized carbons (Fsp3) is 0.316. The molecule has 5 heteroatoms. The van der Waals surface area contributed by atoms with E-state index in [0.717, 1.165) is 22.7 Å². The molecule has 1 unspecified atom stereocenters. The van der Waals surface area contributed by atoms with E-state index in [-0.39, 0.29) is 11.8 Å². The topological polar surface area (TPSA) is 73.6 Å². The Labute approximate surface area is 142 Å². The molecule has 1 amide bonds. The summed E-state index contributed by atoms with van der Waals surface area (Å²) < 4.78 is 10.8. The van der Waals surface area contributed by atoms with E-state index in [1.807, 2.05) is 55.5 Å². The van der Waals surface area contributed by atoms with Crippen molar-refractivity contribution in [1.29, 1.82) is 0 Å². The van der Waals surface area contributed by atoms with Gasteiger partial charge in [0.1, 0.15) is 18.1 Å². The third-order valence-electron chi connectivity index (χ3n) is 3.69. The van der Waals surface area contributed by atoms with Gasteiger partial charge in [0.15, 0.2) is 0 Å². The molecule has 128 valence electrons. The molecule has 1 atom stereocenters. The highest BCUT2D eigenvalue weighted by molar-refractivity contribution is 5.91. The fourth-order valence-corrected chi connectivity index (χ4v) is 2.48. The predicted octanol–water partition coefficient (Wildman–Crippen LogP) is 3.17. The van der Waals surface area contributed by atoms with Crippen LogP contribution in [-0.4, -0.2) is 26.2 Å². The summed E-state index contributed by atoms with van der Waals surface area (Å²) in [4.78, 5) is 12.3. The maximum Gasteiger partial charge on any atom is 0.224 e. The number of ether oxygens (including phenoxy) is 2. The number of hydrogen-bond acceptors (Lipinski definition) is 4. The van der Waals surface area contributed by atoms with E-state index in [9.17, 15) is 4.79 Å². The van der Waals surface area contributed by atoms with Crippen LogP contribution in [0.5, 0.6) is 11.5 Å². The highest BCUT2D eigenvalue weighted by Crippen LogP contribution is 2.28. The number of anilines is 1. The highest BCUT2D eigenvalue weighted by atomic mass is 16.5. The van der Waals surface area contributed by atoms with Gasteiger partial charge in [-0.05, 0) is 41.8 Å². The summed E-state index contributed by atoms with van der Waals surface area (Å²) in [7, 11) is 1.64. The number of rotatable bonds is 8. The van der Waals surface area contributed by atoms with Gasteiger partial charge in [-0.15, -0.1) is 0 Å². The second kappa shape index (κ2) is 8.93. The Hall–Kier alpha value is -2.53. The van der Waals surface area contributed by atoms with E-state index in [1.165, 1.54) is 0 Å². The molecule has 0 aliphatic rings. The van der Waals surface area contributed by atoms with Crippen LogP contribution in [-0.2, 0) is 4.79 Å². The van der Waals surface area contributed by atoms with Crippen molar-refractivity contribution in [3.8, 4) is 11.5 Å². The predicted molar refractivity (Wildman–Crippen MR) is 95.6 cm³/mol. The number of carbonyl (C=O) groups is 1. The Kier molecular flexibility index (Phi) is 6.63. The molecule has 0 saturated carbocycles. The van der Waals surface area contributed by atoms with Crippen LogP contribution in [0, 0.1) is 0 Å². The van der Waals surface area contributed by atoms with Gasteiger partial charge < -0.3 is 20.5 Å². The van der Waals surface area contributed by atoms with Crippen LogP contribution in [0.2, 0.25) is 0 Å². The van der Waals surface area contributed by atoms with Gasteiger partial charge in [0.25, 0.3) is 0 Å². The number of benzene rings is 2. The summed E-state index contributed by atoms with van der Waals surface area (Å²) in [6.07, 6.45) is 0.381. The monoisotopic (exact) mass is 328 g/mol. The van der Waals surface area contributed by atoms with Gasteiger partial charge in [-0.3, -0.25) is 4.79 Å². The number of methoxy groups -OCH3 is 1. The maximum atomic E-state index is 12.3. The van der Waals surface area contributed by atoms with Crippen molar-refractivity contribution in [3.63, 3.8) is 0 Å². The molecule has 0 aromatic heterocycles. The molecule has 3 N–H and O–H groups in total. The average molecular weight is 328 g/mol. The van der Waals surface area contributed by atoms with Crippen LogP contribution < -0.4 is 20.5 Å². The van der Waals surface area contributed by atoms with Crippen molar-refractivity contribution in [2.24, 2.45) is 5.73 Å². The van der Waals surface area contributed by atoms with Gasteiger partial charge >= 0.3 is 0 Å². The summed E-state index contributed by atoms with van der Waals surface area (Å²) in [5.74, 6) is 1.57. The zero-order chi connectivity index (χ0) is 17.4. The Morgan fingerprint density at radius 1 is 1.17 bits per heavy atom. The van der Waals surface area contributed by atoms with Gasteiger partial charge in [0.2, 0.25) is 5.91 Å². The van der Waals surface area contributed by atoms with E-state index in [1.54, 1.807) is 7.11 Å². The van der Waals surface area contributed by atoms with Crippen LogP contribution in [0.3, 0.4) is 0 Å². The van der Waals surface area contributed by atoms with Crippen molar-refractivity contribution in [2.45, 2.75) is 19.3 Å². The third kappa shape index (κ3) is 4.99. The molecular weight excluding hydrogens is 304 g/mol. The smallest absolute Gasteiger partial charge is 0.224 e. The minimum absolute atomic E-state index is 0.0379. The second-order valence-electron chi connectivity index (χ2n) is 5.56. The molecule has 0 aliphatic heterocycles. The number of carbonyl (C=O) groups excluding carboxylic acids is 1. The van der Waals surface area contributed by atoms with Gasteiger partial charge in [-0.1, -0.05) is 25.1 Å². The lowest BCUT2D eigenvalue weighted by molar-refractivity contribution is -0.116. The van der Waals surface area contributed by atoms with Crippen LogP contribution in [0.25, 0.3) is 0 Å². The Bertz CT molecular complexity index is 656. The largest absolute Gasteiger partial charge is 0.496 e. The average Bonchev–Trinajstić information content (AvgIpc) is 2.61. The Morgan fingerprint density at radius 3 is 2.54 bits per heavy atom. The van der Waals surface area contributed by atoms with E-state index < -0.39 is 0 Å². The number of amides is 1. The molecule has 2 aromatic rings.